The maximum Gasteiger partial charge on any atom is 0.407 e. The number of alkyl carbamates (subject to hydrolysis) is 1. The first-order valence-corrected chi connectivity index (χ1v) is 11.8. The lowest BCUT2D eigenvalue weighted by Gasteiger charge is -2.25. The molecule has 35 heavy (non-hydrogen) atoms. The number of nitrogens with zero attached hydrogens (tertiary/aromatic N) is 1. The zero-order chi connectivity index (χ0) is 24.4. The minimum atomic E-state index is -1.03. The highest BCUT2D eigenvalue weighted by Crippen LogP contribution is 2.44. The van der Waals surface area contributed by atoms with Gasteiger partial charge in [0, 0.05) is 24.6 Å². The molecule has 1 unspecified atom stereocenters. The van der Waals surface area contributed by atoms with Crippen LogP contribution in [0, 0.1) is 0 Å². The number of nitrogens with one attached hydrogen (secondary N) is 1. The van der Waals surface area contributed by atoms with E-state index in [1.54, 1.807) is 4.90 Å². The van der Waals surface area contributed by atoms with Crippen molar-refractivity contribution >= 4 is 23.7 Å². The number of carbonyl (C=O) groups is 3. The van der Waals surface area contributed by atoms with Crippen molar-refractivity contribution in [1.82, 2.24) is 5.32 Å². The molecular formula is C28H26N2O5. The summed E-state index contributed by atoms with van der Waals surface area (Å²) in [5.74, 6) is -1.46. The van der Waals surface area contributed by atoms with Gasteiger partial charge in [-0.2, -0.15) is 0 Å². The Labute approximate surface area is 203 Å². The topological polar surface area (TPSA) is 95.9 Å². The van der Waals surface area contributed by atoms with Crippen LogP contribution in [0.25, 0.3) is 11.1 Å². The SMILES string of the molecule is O=C(O)CCC(NC(=O)OCC1c2ccccc2-c2ccccc21)C(=O)N1CCc2ccccc21. The fourth-order valence-electron chi connectivity index (χ4n) is 5.06. The Morgan fingerprint density at radius 1 is 0.943 bits per heavy atom. The van der Waals surface area contributed by atoms with Crippen LogP contribution in [-0.4, -0.2) is 42.3 Å². The highest BCUT2D eigenvalue weighted by molar-refractivity contribution is 6.00. The number of fused-ring (bicyclic) bond motifs is 4. The fourth-order valence-corrected chi connectivity index (χ4v) is 5.06. The number of carbonyl (C=O) groups excluding carboxylic acids is 2. The molecule has 0 bridgehead atoms. The molecule has 0 aromatic heterocycles. The van der Waals surface area contributed by atoms with Gasteiger partial charge in [-0.25, -0.2) is 4.79 Å². The molecule has 0 saturated carbocycles. The molecule has 3 aromatic carbocycles. The molecule has 0 fully saturated rings. The summed E-state index contributed by atoms with van der Waals surface area (Å²) >= 11 is 0. The molecular weight excluding hydrogens is 444 g/mol. The van der Waals surface area contributed by atoms with Crippen LogP contribution in [0.1, 0.15) is 35.4 Å². The van der Waals surface area contributed by atoms with Crippen LogP contribution in [0.15, 0.2) is 72.8 Å². The Morgan fingerprint density at radius 2 is 1.57 bits per heavy atom. The monoisotopic (exact) mass is 470 g/mol. The molecule has 2 amide bonds. The lowest BCUT2D eigenvalue weighted by molar-refractivity contribution is -0.137. The maximum absolute atomic E-state index is 13.3. The van der Waals surface area contributed by atoms with E-state index in [0.29, 0.717) is 6.54 Å². The van der Waals surface area contributed by atoms with Gasteiger partial charge in [0.15, 0.2) is 0 Å². The predicted molar refractivity (Wildman–Crippen MR) is 131 cm³/mol. The second-order valence-corrected chi connectivity index (χ2v) is 8.82. The van der Waals surface area contributed by atoms with Crippen molar-refractivity contribution in [1.29, 1.82) is 0 Å². The average Bonchev–Trinajstić information content (AvgIpc) is 3.44. The minimum Gasteiger partial charge on any atom is -0.481 e. The Morgan fingerprint density at radius 3 is 2.26 bits per heavy atom. The minimum absolute atomic E-state index is 0.0168. The quantitative estimate of drug-likeness (QED) is 0.535. The van der Waals surface area contributed by atoms with E-state index >= 15 is 0 Å². The van der Waals surface area contributed by atoms with Gasteiger partial charge in [-0.05, 0) is 46.7 Å². The number of rotatable bonds is 7. The largest absolute Gasteiger partial charge is 0.481 e. The van der Waals surface area contributed by atoms with E-state index in [-0.39, 0.29) is 31.3 Å². The molecule has 1 heterocycles. The van der Waals surface area contributed by atoms with Gasteiger partial charge >= 0.3 is 12.1 Å². The molecule has 7 nitrogen and oxygen atoms in total. The van der Waals surface area contributed by atoms with Gasteiger partial charge in [-0.1, -0.05) is 66.7 Å². The van der Waals surface area contributed by atoms with Crippen molar-refractivity contribution in [2.24, 2.45) is 0 Å². The highest BCUT2D eigenvalue weighted by Gasteiger charge is 2.33. The average molecular weight is 471 g/mol. The fraction of sp³-hybridized carbons (Fsp3) is 0.250. The number of hydrogen-bond acceptors (Lipinski definition) is 4. The summed E-state index contributed by atoms with van der Waals surface area (Å²) in [6.45, 7) is 0.611. The summed E-state index contributed by atoms with van der Waals surface area (Å²) in [5.41, 5.74) is 6.28. The zero-order valence-electron chi connectivity index (χ0n) is 19.1. The lowest BCUT2D eigenvalue weighted by Crippen LogP contribution is -2.48. The summed E-state index contributed by atoms with van der Waals surface area (Å²) in [4.78, 5) is 38.9. The van der Waals surface area contributed by atoms with E-state index < -0.39 is 18.1 Å². The first-order chi connectivity index (χ1) is 17.0. The van der Waals surface area contributed by atoms with Gasteiger partial charge < -0.3 is 20.1 Å². The summed E-state index contributed by atoms with van der Waals surface area (Å²) in [6, 6.07) is 22.7. The highest BCUT2D eigenvalue weighted by atomic mass is 16.5. The molecule has 0 saturated heterocycles. The Kier molecular flexibility index (Phi) is 6.23. The molecule has 0 spiro atoms. The smallest absolute Gasteiger partial charge is 0.407 e. The van der Waals surface area contributed by atoms with Crippen molar-refractivity contribution in [2.45, 2.75) is 31.2 Å². The number of para-hydroxylation sites is 1. The lowest BCUT2D eigenvalue weighted by atomic mass is 9.98. The Balaban J connectivity index is 1.29. The van der Waals surface area contributed by atoms with E-state index in [1.165, 1.54) is 0 Å². The number of amides is 2. The van der Waals surface area contributed by atoms with Crippen LogP contribution in [0.4, 0.5) is 10.5 Å². The summed E-state index contributed by atoms with van der Waals surface area (Å²) in [6.07, 6.45) is -0.270. The van der Waals surface area contributed by atoms with Crippen molar-refractivity contribution in [3.05, 3.63) is 89.5 Å². The molecule has 5 rings (SSSR count). The summed E-state index contributed by atoms with van der Waals surface area (Å²) in [5, 5.41) is 11.8. The van der Waals surface area contributed by atoms with Crippen molar-refractivity contribution in [3.63, 3.8) is 0 Å². The molecule has 2 N–H and O–H groups in total. The predicted octanol–water partition coefficient (Wildman–Crippen LogP) is 4.35. The van der Waals surface area contributed by atoms with Crippen LogP contribution in [0.3, 0.4) is 0 Å². The molecule has 178 valence electrons. The molecule has 2 aliphatic rings. The first-order valence-electron chi connectivity index (χ1n) is 11.8. The van der Waals surface area contributed by atoms with Crippen LogP contribution in [0.5, 0.6) is 0 Å². The maximum atomic E-state index is 13.3. The van der Waals surface area contributed by atoms with E-state index in [9.17, 15) is 14.4 Å². The normalized spacial score (nSPS) is 14.6. The number of benzene rings is 3. The van der Waals surface area contributed by atoms with Gasteiger partial charge in [0.2, 0.25) is 5.91 Å². The van der Waals surface area contributed by atoms with Crippen LogP contribution < -0.4 is 10.2 Å². The van der Waals surface area contributed by atoms with E-state index in [4.69, 9.17) is 9.84 Å². The van der Waals surface area contributed by atoms with Crippen molar-refractivity contribution in [2.75, 3.05) is 18.1 Å². The summed E-state index contributed by atoms with van der Waals surface area (Å²) in [7, 11) is 0. The van der Waals surface area contributed by atoms with Gasteiger partial charge in [-0.15, -0.1) is 0 Å². The number of aliphatic carboxylic acids is 1. The third-order valence-electron chi connectivity index (χ3n) is 6.73. The van der Waals surface area contributed by atoms with Crippen molar-refractivity contribution in [3.8, 4) is 11.1 Å². The number of anilines is 1. The van der Waals surface area contributed by atoms with Gasteiger partial charge in [0.05, 0.1) is 0 Å². The number of hydrogen-bond donors (Lipinski definition) is 2. The molecule has 3 aromatic rings. The molecule has 1 atom stereocenters. The third kappa shape index (κ3) is 4.49. The number of ether oxygens (including phenoxy) is 1. The Bertz CT molecular complexity index is 1240. The third-order valence-corrected chi connectivity index (χ3v) is 6.73. The molecule has 1 aliphatic carbocycles. The van der Waals surface area contributed by atoms with Crippen molar-refractivity contribution < 1.29 is 24.2 Å². The summed E-state index contributed by atoms with van der Waals surface area (Å²) < 4.78 is 5.59. The van der Waals surface area contributed by atoms with E-state index in [0.717, 1.165) is 39.9 Å². The number of carboxylic acid groups (broad SMARTS) is 1. The first kappa shape index (κ1) is 22.7. The second-order valence-electron chi connectivity index (χ2n) is 8.82. The number of carboxylic acids is 1. The van der Waals surface area contributed by atoms with E-state index in [1.807, 2.05) is 60.7 Å². The van der Waals surface area contributed by atoms with Gasteiger partial charge in [0.1, 0.15) is 12.6 Å². The Hall–Kier alpha value is -4.13. The van der Waals surface area contributed by atoms with Crippen LogP contribution >= 0.6 is 0 Å². The molecule has 7 heteroatoms. The molecule has 0 radical (unpaired) electrons. The standard InChI is InChI=1S/C28H26N2O5/c31-26(32)14-13-24(27(33)30-16-15-18-7-1-6-12-25(18)30)29-28(34)35-17-23-21-10-4-2-8-19(21)20-9-3-5-11-22(20)23/h1-12,23-24H,13-17H2,(H,29,34)(H,31,32). The van der Waals surface area contributed by atoms with Crippen LogP contribution in [0.2, 0.25) is 0 Å². The zero-order valence-corrected chi connectivity index (χ0v) is 19.1. The molecule has 1 aliphatic heterocycles. The van der Waals surface area contributed by atoms with Gasteiger partial charge in [-0.3, -0.25) is 9.59 Å². The van der Waals surface area contributed by atoms with E-state index in [2.05, 4.69) is 17.4 Å². The van der Waals surface area contributed by atoms with Crippen LogP contribution in [-0.2, 0) is 20.7 Å². The second kappa shape index (κ2) is 9.62. The van der Waals surface area contributed by atoms with Gasteiger partial charge in [0.25, 0.3) is 0 Å².